The van der Waals surface area contributed by atoms with E-state index in [1.807, 2.05) is 17.0 Å². The maximum atomic E-state index is 11.1. The van der Waals surface area contributed by atoms with Gasteiger partial charge in [-0.2, -0.15) is 0 Å². The molecule has 3 aromatic heterocycles. The van der Waals surface area contributed by atoms with Crippen molar-refractivity contribution in [1.29, 1.82) is 0 Å². The predicted octanol–water partition coefficient (Wildman–Crippen LogP) is 4.01. The molecule has 0 spiro atoms. The molecule has 114 valence electrons. The Bertz CT molecular complexity index is 761. The lowest BCUT2D eigenvalue weighted by molar-refractivity contribution is 0.0702. The monoisotopic (exact) mass is 334 g/mol. The van der Waals surface area contributed by atoms with Crippen LogP contribution < -0.4 is 4.90 Å². The highest BCUT2D eigenvalue weighted by molar-refractivity contribution is 7.17. The SMILES string of the molecule is Cc1ccc(CN(Cc2ccco2)c2ncc(C(=O)O)s2)s1. The molecule has 0 unspecified atom stereocenters. The Kier molecular flexibility index (Phi) is 4.26. The lowest BCUT2D eigenvalue weighted by atomic mass is 10.3. The van der Waals surface area contributed by atoms with E-state index in [1.54, 1.807) is 17.6 Å². The number of nitrogens with zero attached hydrogens (tertiary/aromatic N) is 2. The zero-order valence-corrected chi connectivity index (χ0v) is 13.5. The molecule has 0 aliphatic carbocycles. The second-order valence-electron chi connectivity index (χ2n) is 4.76. The summed E-state index contributed by atoms with van der Waals surface area (Å²) in [7, 11) is 0. The maximum Gasteiger partial charge on any atom is 0.347 e. The topological polar surface area (TPSA) is 66.6 Å². The number of anilines is 1. The minimum absolute atomic E-state index is 0.238. The van der Waals surface area contributed by atoms with Crippen molar-refractivity contribution in [2.75, 3.05) is 4.90 Å². The number of thiazole rings is 1. The number of aromatic nitrogens is 1. The van der Waals surface area contributed by atoms with Crippen molar-refractivity contribution < 1.29 is 14.3 Å². The maximum absolute atomic E-state index is 11.1. The van der Waals surface area contributed by atoms with Crippen molar-refractivity contribution in [3.05, 3.63) is 57.1 Å². The highest BCUT2D eigenvalue weighted by Crippen LogP contribution is 2.27. The Labute approximate surface area is 135 Å². The first-order chi connectivity index (χ1) is 10.6. The van der Waals surface area contributed by atoms with Crippen molar-refractivity contribution in [3.63, 3.8) is 0 Å². The molecule has 5 nitrogen and oxygen atoms in total. The predicted molar refractivity (Wildman–Crippen MR) is 86.7 cm³/mol. The summed E-state index contributed by atoms with van der Waals surface area (Å²) in [5, 5.41) is 9.75. The van der Waals surface area contributed by atoms with E-state index in [-0.39, 0.29) is 4.88 Å². The van der Waals surface area contributed by atoms with Crippen molar-refractivity contribution in [2.24, 2.45) is 0 Å². The second kappa shape index (κ2) is 6.33. The molecular formula is C15H14N2O3S2. The van der Waals surface area contributed by atoms with Crippen LogP contribution in [0.25, 0.3) is 0 Å². The molecule has 22 heavy (non-hydrogen) atoms. The standard InChI is InChI=1S/C15H14N2O3S2/c1-10-4-5-12(21-10)9-17(8-11-3-2-6-20-11)15-16-7-13(22-15)14(18)19/h2-7H,8-9H2,1H3,(H,18,19). The normalized spacial score (nSPS) is 10.8. The third-order valence-electron chi connectivity index (χ3n) is 3.04. The minimum Gasteiger partial charge on any atom is -0.477 e. The average Bonchev–Trinajstić information content (AvgIpc) is 3.19. The smallest absolute Gasteiger partial charge is 0.347 e. The third kappa shape index (κ3) is 3.37. The number of hydrogen-bond acceptors (Lipinski definition) is 6. The summed E-state index contributed by atoms with van der Waals surface area (Å²) < 4.78 is 5.40. The lowest BCUT2D eigenvalue weighted by Crippen LogP contribution is -2.21. The highest BCUT2D eigenvalue weighted by Gasteiger charge is 2.17. The molecule has 0 saturated heterocycles. The average molecular weight is 334 g/mol. The van der Waals surface area contributed by atoms with Crippen molar-refractivity contribution >= 4 is 33.8 Å². The van der Waals surface area contributed by atoms with Gasteiger partial charge in [0.25, 0.3) is 0 Å². The summed E-state index contributed by atoms with van der Waals surface area (Å²) in [5.41, 5.74) is 0. The van der Waals surface area contributed by atoms with Crippen LogP contribution in [0.1, 0.15) is 25.2 Å². The van der Waals surface area contributed by atoms with Crippen LogP contribution in [0.15, 0.2) is 41.1 Å². The fourth-order valence-corrected chi connectivity index (χ4v) is 3.71. The summed E-state index contributed by atoms with van der Waals surface area (Å²) in [5.74, 6) is -0.131. The second-order valence-corrected chi connectivity index (χ2v) is 7.14. The van der Waals surface area contributed by atoms with Crippen LogP contribution in [-0.2, 0) is 13.1 Å². The molecule has 0 radical (unpaired) electrons. The first-order valence-electron chi connectivity index (χ1n) is 6.63. The summed E-state index contributed by atoms with van der Waals surface area (Å²) in [6.07, 6.45) is 3.03. The number of rotatable bonds is 6. The molecule has 1 N–H and O–H groups in total. The van der Waals surface area contributed by atoms with Gasteiger partial charge in [0, 0.05) is 9.75 Å². The number of thiophene rings is 1. The number of aryl methyl sites for hydroxylation is 1. The number of carboxylic acids is 1. The van der Waals surface area contributed by atoms with Crippen LogP contribution in [0.5, 0.6) is 0 Å². The van der Waals surface area contributed by atoms with Crippen molar-refractivity contribution in [3.8, 4) is 0 Å². The Hall–Kier alpha value is -2.12. The molecule has 0 aliphatic heterocycles. The molecule has 0 fully saturated rings. The van der Waals surface area contributed by atoms with Crippen molar-refractivity contribution in [1.82, 2.24) is 4.98 Å². The fraction of sp³-hybridized carbons (Fsp3) is 0.200. The van der Waals surface area contributed by atoms with Gasteiger partial charge in [-0.3, -0.25) is 0 Å². The van der Waals surface area contributed by atoms with Crippen molar-refractivity contribution in [2.45, 2.75) is 20.0 Å². The minimum atomic E-state index is -0.950. The zero-order chi connectivity index (χ0) is 15.5. The first-order valence-corrected chi connectivity index (χ1v) is 8.27. The van der Waals surface area contributed by atoms with Gasteiger partial charge in [-0.05, 0) is 31.2 Å². The largest absolute Gasteiger partial charge is 0.477 e. The van der Waals surface area contributed by atoms with Crippen LogP contribution in [0, 0.1) is 6.92 Å². The van der Waals surface area contributed by atoms with Gasteiger partial charge in [-0.1, -0.05) is 11.3 Å². The molecule has 0 bridgehead atoms. The molecule has 0 atom stereocenters. The quantitative estimate of drug-likeness (QED) is 0.738. The summed E-state index contributed by atoms with van der Waals surface area (Å²) in [4.78, 5) is 20.0. The molecule has 0 amide bonds. The summed E-state index contributed by atoms with van der Waals surface area (Å²) >= 11 is 2.90. The van der Waals surface area contributed by atoms with Crippen LogP contribution in [0.3, 0.4) is 0 Å². The van der Waals surface area contributed by atoms with E-state index in [1.165, 1.54) is 27.3 Å². The Morgan fingerprint density at radius 3 is 2.77 bits per heavy atom. The first kappa shape index (κ1) is 14.8. The fourth-order valence-electron chi connectivity index (χ4n) is 2.05. The number of furan rings is 1. The van der Waals surface area contributed by atoms with Gasteiger partial charge in [-0.25, -0.2) is 9.78 Å². The third-order valence-corrected chi connectivity index (χ3v) is 5.08. The van der Waals surface area contributed by atoms with Crippen LogP contribution in [0.2, 0.25) is 0 Å². The molecule has 3 aromatic rings. The van der Waals surface area contributed by atoms with Gasteiger partial charge in [0.05, 0.1) is 25.5 Å². The molecule has 3 heterocycles. The molecule has 0 saturated carbocycles. The molecular weight excluding hydrogens is 320 g/mol. The van der Waals surface area contributed by atoms with E-state index in [2.05, 4.69) is 24.0 Å². The Morgan fingerprint density at radius 1 is 1.32 bits per heavy atom. The van der Waals surface area contributed by atoms with Gasteiger partial charge >= 0.3 is 5.97 Å². The number of hydrogen-bond donors (Lipinski definition) is 1. The Balaban J connectivity index is 1.85. The van der Waals surface area contributed by atoms with E-state index in [0.717, 1.165) is 5.76 Å². The van der Waals surface area contributed by atoms with Gasteiger partial charge < -0.3 is 14.4 Å². The number of aromatic carboxylic acids is 1. The van der Waals surface area contributed by atoms with E-state index < -0.39 is 5.97 Å². The van der Waals surface area contributed by atoms with E-state index in [0.29, 0.717) is 18.2 Å². The summed E-state index contributed by atoms with van der Waals surface area (Å²) in [6.45, 7) is 3.29. The van der Waals surface area contributed by atoms with Crippen LogP contribution >= 0.6 is 22.7 Å². The molecule has 0 aromatic carbocycles. The lowest BCUT2D eigenvalue weighted by Gasteiger charge is -2.19. The molecule has 7 heteroatoms. The molecule has 0 aliphatic rings. The van der Waals surface area contributed by atoms with Crippen LogP contribution in [-0.4, -0.2) is 16.1 Å². The summed E-state index contributed by atoms with van der Waals surface area (Å²) in [6, 6.07) is 7.90. The van der Waals surface area contributed by atoms with E-state index in [9.17, 15) is 4.79 Å². The van der Waals surface area contributed by atoms with E-state index in [4.69, 9.17) is 9.52 Å². The van der Waals surface area contributed by atoms with Crippen LogP contribution in [0.4, 0.5) is 5.13 Å². The number of carboxylic acid groups (broad SMARTS) is 1. The Morgan fingerprint density at radius 2 is 2.18 bits per heavy atom. The van der Waals surface area contributed by atoms with Gasteiger partial charge in [0.1, 0.15) is 10.6 Å². The zero-order valence-electron chi connectivity index (χ0n) is 11.9. The van der Waals surface area contributed by atoms with E-state index >= 15 is 0 Å². The van der Waals surface area contributed by atoms with Gasteiger partial charge in [0.15, 0.2) is 5.13 Å². The van der Waals surface area contributed by atoms with Gasteiger partial charge in [-0.15, -0.1) is 11.3 Å². The highest BCUT2D eigenvalue weighted by atomic mass is 32.1. The molecule has 3 rings (SSSR count). The number of carbonyl (C=O) groups is 1. The van der Waals surface area contributed by atoms with Gasteiger partial charge in [0.2, 0.25) is 0 Å².